The summed E-state index contributed by atoms with van der Waals surface area (Å²) in [5, 5.41) is 17.9. The van der Waals surface area contributed by atoms with Crippen molar-refractivity contribution in [3.05, 3.63) is 165 Å². The molecule has 0 amide bonds. The van der Waals surface area contributed by atoms with Gasteiger partial charge in [-0.25, -0.2) is 18.3 Å². The van der Waals surface area contributed by atoms with E-state index in [0.717, 1.165) is 73.3 Å². The van der Waals surface area contributed by atoms with Crippen LogP contribution in [0.15, 0.2) is 186 Å². The summed E-state index contributed by atoms with van der Waals surface area (Å²) in [6.45, 7) is 3.60. The number of aryl methyl sites for hydroxylation is 4. The maximum atomic E-state index is 4.55. The van der Waals surface area contributed by atoms with E-state index in [1.165, 1.54) is 0 Å². The van der Waals surface area contributed by atoms with Gasteiger partial charge >= 0.3 is 5.82 Å². The molecule has 0 radical (unpaired) electrons. The van der Waals surface area contributed by atoms with Gasteiger partial charge in [-0.3, -0.25) is 0 Å². The zero-order valence-electron chi connectivity index (χ0n) is 27.3. The topological polar surface area (TPSA) is 75.9 Å². The van der Waals surface area contributed by atoms with Gasteiger partial charge in [-0.2, -0.15) is 5.11 Å². The smallest absolute Gasteiger partial charge is 0.324 e. The Hall–Kier alpha value is -6.29. The van der Waals surface area contributed by atoms with E-state index in [1.807, 2.05) is 122 Å². The van der Waals surface area contributed by atoms with E-state index in [4.69, 9.17) is 0 Å². The number of rotatable bonds is 14. The van der Waals surface area contributed by atoms with Crippen molar-refractivity contribution in [1.29, 1.82) is 0 Å². The van der Waals surface area contributed by atoms with E-state index in [2.05, 4.69) is 91.1 Å². The highest BCUT2D eigenvalue weighted by Crippen LogP contribution is 2.20. The van der Waals surface area contributed by atoms with Crippen molar-refractivity contribution in [2.45, 2.75) is 39.0 Å². The lowest BCUT2D eigenvalue weighted by atomic mass is 10.3. The molecule has 10 nitrogen and oxygen atoms in total. The summed E-state index contributed by atoms with van der Waals surface area (Å²) in [6.07, 6.45) is 22.8. The molecule has 0 atom stereocenters. The number of hydrogen-bond acceptors (Lipinski definition) is 4. The van der Waals surface area contributed by atoms with Gasteiger partial charge in [-0.05, 0) is 90.0 Å². The second kappa shape index (κ2) is 15.5. The Balaban J connectivity index is 0.861. The Labute approximate surface area is 285 Å². The van der Waals surface area contributed by atoms with Gasteiger partial charge in [0.25, 0.3) is 0 Å². The molecule has 7 rings (SSSR count). The van der Waals surface area contributed by atoms with E-state index >= 15 is 0 Å². The Bertz CT molecular complexity index is 2110. The highest BCUT2D eigenvalue weighted by atomic mass is 15.2. The van der Waals surface area contributed by atoms with Gasteiger partial charge in [0, 0.05) is 61.1 Å². The standard InChI is InChI=1S/C39H39N10/c1-2-28-49(39(11-1)43-41-35-14-18-38(19-15-35)48-26-5-6-27-48)29-9-23-46-31-30-45(33-46)22-8-21-44-20-7-10-36(32-44)42-40-34-12-16-37(17-13-34)47-24-3-4-25-47/h1-7,10-20,24-28,30-33H,8-9,21-23,29H2/q+3/b42-40+. The first kappa shape index (κ1) is 31.3. The van der Waals surface area contributed by atoms with Crippen LogP contribution in [0, 0.1) is 0 Å². The predicted octanol–water partition coefficient (Wildman–Crippen LogP) is 7.94. The average Bonchev–Trinajstić information content (AvgIpc) is 3.96. The third kappa shape index (κ3) is 8.55. The first-order valence-electron chi connectivity index (χ1n) is 16.6. The van der Waals surface area contributed by atoms with Gasteiger partial charge in [-0.1, -0.05) is 6.07 Å². The first-order valence-corrected chi connectivity index (χ1v) is 16.6. The largest absolute Gasteiger partial charge is 0.350 e. The fourth-order valence-corrected chi connectivity index (χ4v) is 5.64. The number of azo groups is 2. The minimum absolute atomic E-state index is 0.825. The van der Waals surface area contributed by atoms with E-state index in [1.54, 1.807) is 0 Å². The van der Waals surface area contributed by atoms with Crippen LogP contribution in [-0.4, -0.2) is 13.7 Å². The van der Waals surface area contributed by atoms with Crippen molar-refractivity contribution in [2.24, 2.45) is 20.5 Å². The van der Waals surface area contributed by atoms with Gasteiger partial charge in [0.1, 0.15) is 23.8 Å². The summed E-state index contributed by atoms with van der Waals surface area (Å²) in [4.78, 5) is 0. The van der Waals surface area contributed by atoms with Crippen molar-refractivity contribution in [3.63, 3.8) is 0 Å². The zero-order valence-corrected chi connectivity index (χ0v) is 27.3. The van der Waals surface area contributed by atoms with Crippen molar-refractivity contribution < 1.29 is 13.7 Å². The summed E-state index contributed by atoms with van der Waals surface area (Å²) in [5.41, 5.74) is 4.68. The number of pyridine rings is 2. The van der Waals surface area contributed by atoms with Crippen LogP contribution >= 0.6 is 0 Å². The zero-order chi connectivity index (χ0) is 33.1. The van der Waals surface area contributed by atoms with Crippen LogP contribution in [-0.2, 0) is 26.2 Å². The minimum atomic E-state index is 0.825. The molecule has 242 valence electrons. The minimum Gasteiger partial charge on any atom is -0.324 e. The molecule has 0 saturated heterocycles. The fourth-order valence-electron chi connectivity index (χ4n) is 5.64. The molecular weight excluding hydrogens is 608 g/mol. The lowest BCUT2D eigenvalue weighted by Crippen LogP contribution is -2.37. The Kier molecular flexibility index (Phi) is 9.93. The second-order valence-electron chi connectivity index (χ2n) is 11.8. The quantitative estimate of drug-likeness (QED) is 0.0849. The molecule has 2 aromatic carbocycles. The molecule has 0 aliphatic carbocycles. The third-order valence-electron chi connectivity index (χ3n) is 8.21. The molecule has 0 N–H and O–H groups in total. The molecule has 0 unspecified atom stereocenters. The summed E-state index contributed by atoms with van der Waals surface area (Å²) >= 11 is 0. The number of hydrogen-bond donors (Lipinski definition) is 0. The van der Waals surface area contributed by atoms with Crippen LogP contribution in [0.3, 0.4) is 0 Å². The third-order valence-corrected chi connectivity index (χ3v) is 8.21. The number of nitrogens with zero attached hydrogens (tertiary/aromatic N) is 10. The molecule has 0 aliphatic heterocycles. The SMILES string of the molecule is c1cc[n+](CCCn2cc[n+](CCC[n+]3cccc(/N=N/c4ccc(-n5cccc5)cc4)c3)c2)c(/N=N/c2ccc(-n3cccc3)cc2)c1. The molecular formula is C39H39N10+3. The van der Waals surface area contributed by atoms with Crippen molar-refractivity contribution in [2.75, 3.05) is 0 Å². The Morgan fingerprint density at radius 2 is 1.10 bits per heavy atom. The van der Waals surface area contributed by atoms with Gasteiger partial charge in [0.15, 0.2) is 18.9 Å². The first-order chi connectivity index (χ1) is 24.2. The summed E-state index contributed by atoms with van der Waals surface area (Å²) in [6, 6.07) is 34.2. The van der Waals surface area contributed by atoms with E-state index in [0.29, 0.717) is 0 Å². The molecule has 0 bridgehead atoms. The van der Waals surface area contributed by atoms with E-state index in [9.17, 15) is 0 Å². The van der Waals surface area contributed by atoms with Crippen LogP contribution < -0.4 is 13.7 Å². The van der Waals surface area contributed by atoms with Crippen molar-refractivity contribution in [1.82, 2.24) is 13.7 Å². The molecule has 0 saturated carbocycles. The maximum Gasteiger partial charge on any atom is 0.350 e. The van der Waals surface area contributed by atoms with E-state index in [-0.39, 0.29) is 0 Å². The average molecular weight is 648 g/mol. The number of aromatic nitrogens is 6. The number of benzene rings is 2. The normalized spacial score (nSPS) is 11.6. The van der Waals surface area contributed by atoms with Crippen LogP contribution in [0.2, 0.25) is 0 Å². The summed E-state index contributed by atoms with van der Waals surface area (Å²) < 4.78 is 13.0. The molecule has 5 heterocycles. The molecule has 0 fully saturated rings. The van der Waals surface area contributed by atoms with E-state index < -0.39 is 0 Å². The Morgan fingerprint density at radius 1 is 0.469 bits per heavy atom. The van der Waals surface area contributed by atoms with Gasteiger partial charge in [0.2, 0.25) is 6.33 Å². The molecule has 7 aromatic rings. The van der Waals surface area contributed by atoms with Crippen molar-refractivity contribution >= 4 is 22.9 Å². The lowest BCUT2D eigenvalue weighted by Gasteiger charge is -2.02. The van der Waals surface area contributed by atoms with Gasteiger partial charge in [0.05, 0.1) is 36.6 Å². The van der Waals surface area contributed by atoms with Crippen LogP contribution in [0.1, 0.15) is 12.8 Å². The van der Waals surface area contributed by atoms with Gasteiger partial charge in [-0.15, -0.1) is 5.11 Å². The lowest BCUT2D eigenvalue weighted by molar-refractivity contribution is -0.726. The van der Waals surface area contributed by atoms with Crippen molar-refractivity contribution in [3.8, 4) is 11.4 Å². The van der Waals surface area contributed by atoms with Crippen LogP contribution in [0.5, 0.6) is 0 Å². The number of imidazole rings is 1. The summed E-state index contributed by atoms with van der Waals surface area (Å²) in [5.74, 6) is 0.838. The fraction of sp³-hybridized carbons (Fsp3) is 0.154. The molecule has 0 aliphatic rings. The van der Waals surface area contributed by atoms with Crippen LogP contribution in [0.4, 0.5) is 22.9 Å². The molecule has 0 spiro atoms. The summed E-state index contributed by atoms with van der Waals surface area (Å²) in [7, 11) is 0. The Morgan fingerprint density at radius 3 is 1.80 bits per heavy atom. The molecule has 49 heavy (non-hydrogen) atoms. The predicted molar refractivity (Wildman–Crippen MR) is 187 cm³/mol. The highest BCUT2D eigenvalue weighted by molar-refractivity contribution is 5.46. The second-order valence-corrected chi connectivity index (χ2v) is 11.8. The molecule has 10 heteroatoms. The maximum absolute atomic E-state index is 4.55. The highest BCUT2D eigenvalue weighted by Gasteiger charge is 2.11. The van der Waals surface area contributed by atoms with Gasteiger partial charge < -0.3 is 9.13 Å². The molecule has 5 aromatic heterocycles. The monoisotopic (exact) mass is 647 g/mol. The van der Waals surface area contributed by atoms with Crippen LogP contribution in [0.25, 0.3) is 11.4 Å².